The molecule has 0 radical (unpaired) electrons. The van der Waals surface area contributed by atoms with Crippen molar-refractivity contribution in [2.45, 2.75) is 13.2 Å². The summed E-state index contributed by atoms with van der Waals surface area (Å²) < 4.78 is 22.2. The second-order valence-corrected chi connectivity index (χ2v) is 9.18. The van der Waals surface area contributed by atoms with Crippen molar-refractivity contribution >= 4 is 58.2 Å². The number of hydrogen-bond donors (Lipinski definition) is 1. The van der Waals surface area contributed by atoms with Crippen molar-refractivity contribution in [3.63, 3.8) is 0 Å². The highest BCUT2D eigenvalue weighted by Crippen LogP contribution is 2.35. The van der Waals surface area contributed by atoms with Gasteiger partial charge in [-0.05, 0) is 76.2 Å². The number of benzene rings is 2. The molecule has 0 bridgehead atoms. The van der Waals surface area contributed by atoms with Gasteiger partial charge in [0.25, 0.3) is 5.91 Å². The van der Waals surface area contributed by atoms with Crippen molar-refractivity contribution in [3.05, 3.63) is 85.5 Å². The SMILES string of the molecule is COC(=O)c1ccc(CN2C(=O)N/C(=C\c3cc(I)c(OCc4ccc(Cl)cc4)c(OC)c3)C2=O)o1. The standard InChI is InChI=1S/C25H20ClIN2O7/c1-33-21-11-15(9-18(27)22(21)35-13-14-3-5-16(26)6-4-14)10-19-23(30)29(25(32)28-19)12-17-7-8-20(36-17)24(31)34-2/h3-11H,12-13H2,1-2H3,(H,28,32)/b19-10-. The fraction of sp³-hybridized carbons (Fsp3) is 0.160. The first kappa shape index (κ1) is 25.6. The number of rotatable bonds is 8. The van der Waals surface area contributed by atoms with Crippen LogP contribution in [0, 0.1) is 3.57 Å². The number of halogens is 2. The van der Waals surface area contributed by atoms with Crippen LogP contribution in [0.15, 0.2) is 58.6 Å². The first-order valence-corrected chi connectivity index (χ1v) is 12.0. The number of methoxy groups -OCH3 is 2. The van der Waals surface area contributed by atoms with Gasteiger partial charge in [0.05, 0.1) is 24.3 Å². The van der Waals surface area contributed by atoms with E-state index in [1.54, 1.807) is 24.3 Å². The maximum atomic E-state index is 12.9. The zero-order chi connectivity index (χ0) is 25.8. The molecule has 0 atom stereocenters. The maximum Gasteiger partial charge on any atom is 0.373 e. The summed E-state index contributed by atoms with van der Waals surface area (Å²) in [5.74, 6) is 0.0882. The van der Waals surface area contributed by atoms with Crippen LogP contribution in [0.3, 0.4) is 0 Å². The van der Waals surface area contributed by atoms with Gasteiger partial charge < -0.3 is 23.9 Å². The van der Waals surface area contributed by atoms with Crippen LogP contribution >= 0.6 is 34.2 Å². The molecule has 186 valence electrons. The van der Waals surface area contributed by atoms with Gasteiger partial charge in [-0.25, -0.2) is 9.59 Å². The Bertz CT molecular complexity index is 1350. The second-order valence-electron chi connectivity index (χ2n) is 7.59. The third-order valence-corrected chi connectivity index (χ3v) is 6.24. The number of hydrogen-bond acceptors (Lipinski definition) is 7. The molecule has 1 aliphatic heterocycles. The Balaban J connectivity index is 1.50. The molecule has 2 heterocycles. The van der Waals surface area contributed by atoms with E-state index in [-0.39, 0.29) is 23.8 Å². The highest BCUT2D eigenvalue weighted by molar-refractivity contribution is 14.1. The summed E-state index contributed by atoms with van der Waals surface area (Å²) in [6, 6.07) is 13.2. The summed E-state index contributed by atoms with van der Waals surface area (Å²) in [4.78, 5) is 37.9. The molecule has 1 aliphatic rings. The lowest BCUT2D eigenvalue weighted by Gasteiger charge is -2.14. The number of ether oxygens (including phenoxy) is 3. The van der Waals surface area contributed by atoms with E-state index in [0.717, 1.165) is 14.0 Å². The zero-order valence-corrected chi connectivity index (χ0v) is 22.1. The third-order valence-electron chi connectivity index (χ3n) is 5.18. The summed E-state index contributed by atoms with van der Waals surface area (Å²) in [7, 11) is 2.75. The van der Waals surface area contributed by atoms with Crippen LogP contribution in [0.1, 0.15) is 27.4 Å². The van der Waals surface area contributed by atoms with Crippen LogP contribution < -0.4 is 14.8 Å². The first-order valence-electron chi connectivity index (χ1n) is 10.6. The summed E-state index contributed by atoms with van der Waals surface area (Å²) in [6.45, 7) is 0.176. The van der Waals surface area contributed by atoms with Crippen LogP contribution in [0.5, 0.6) is 11.5 Å². The van der Waals surface area contributed by atoms with Crippen molar-refractivity contribution in [2.24, 2.45) is 0 Å². The molecule has 2 aromatic carbocycles. The molecular weight excluding hydrogens is 603 g/mol. The summed E-state index contributed by atoms with van der Waals surface area (Å²) in [5.41, 5.74) is 1.66. The fourth-order valence-electron chi connectivity index (χ4n) is 3.41. The minimum absolute atomic E-state index is 0.0182. The van der Waals surface area contributed by atoms with Gasteiger partial charge in [-0.2, -0.15) is 0 Å². The molecule has 0 unspecified atom stereocenters. The minimum atomic E-state index is -0.650. The molecule has 9 nitrogen and oxygen atoms in total. The highest BCUT2D eigenvalue weighted by Gasteiger charge is 2.34. The predicted octanol–water partition coefficient (Wildman–Crippen LogP) is 5.00. The van der Waals surface area contributed by atoms with Gasteiger partial charge in [0.15, 0.2) is 11.5 Å². The van der Waals surface area contributed by atoms with E-state index in [1.807, 2.05) is 18.2 Å². The average Bonchev–Trinajstić information content (AvgIpc) is 3.44. The minimum Gasteiger partial charge on any atom is -0.493 e. The van der Waals surface area contributed by atoms with Crippen molar-refractivity contribution in [2.75, 3.05) is 14.2 Å². The molecule has 3 amide bonds. The van der Waals surface area contributed by atoms with E-state index in [0.29, 0.717) is 28.7 Å². The largest absolute Gasteiger partial charge is 0.493 e. The van der Waals surface area contributed by atoms with Crippen molar-refractivity contribution in [1.82, 2.24) is 10.2 Å². The molecule has 4 rings (SSSR count). The van der Waals surface area contributed by atoms with Gasteiger partial charge in [0.2, 0.25) is 5.76 Å². The Morgan fingerprint density at radius 3 is 2.58 bits per heavy atom. The van der Waals surface area contributed by atoms with E-state index in [4.69, 9.17) is 25.5 Å². The normalized spacial score (nSPS) is 14.2. The van der Waals surface area contributed by atoms with Crippen molar-refractivity contribution in [1.29, 1.82) is 0 Å². The van der Waals surface area contributed by atoms with Crippen molar-refractivity contribution in [3.8, 4) is 11.5 Å². The van der Waals surface area contributed by atoms with E-state index < -0.39 is 17.9 Å². The summed E-state index contributed by atoms with van der Waals surface area (Å²) >= 11 is 8.05. The van der Waals surface area contributed by atoms with Gasteiger partial charge in [-0.15, -0.1) is 0 Å². The predicted molar refractivity (Wildman–Crippen MR) is 139 cm³/mol. The maximum absolute atomic E-state index is 12.9. The van der Waals surface area contributed by atoms with Crippen LogP contribution in [0.2, 0.25) is 5.02 Å². The lowest BCUT2D eigenvalue weighted by molar-refractivity contribution is -0.123. The van der Waals surface area contributed by atoms with E-state index >= 15 is 0 Å². The quantitative estimate of drug-likeness (QED) is 0.163. The first-order chi connectivity index (χ1) is 17.3. The smallest absolute Gasteiger partial charge is 0.373 e. The van der Waals surface area contributed by atoms with Gasteiger partial charge in [-0.3, -0.25) is 9.69 Å². The highest BCUT2D eigenvalue weighted by atomic mass is 127. The van der Waals surface area contributed by atoms with Crippen molar-refractivity contribution < 1.29 is 33.0 Å². The molecule has 11 heteroatoms. The monoisotopic (exact) mass is 622 g/mol. The number of carbonyl (C=O) groups excluding carboxylic acids is 3. The van der Waals surface area contributed by atoms with Gasteiger partial charge in [0.1, 0.15) is 18.1 Å². The topological polar surface area (TPSA) is 107 Å². The molecular formula is C25H20ClIN2O7. The van der Waals surface area contributed by atoms with Gasteiger partial charge in [0, 0.05) is 5.02 Å². The Kier molecular flexibility index (Phi) is 7.85. The second kappa shape index (κ2) is 11.0. The van der Waals surface area contributed by atoms with Gasteiger partial charge in [-0.1, -0.05) is 23.7 Å². The summed E-state index contributed by atoms with van der Waals surface area (Å²) in [5, 5.41) is 3.21. The molecule has 1 fully saturated rings. The number of amides is 3. The molecule has 1 aromatic heterocycles. The zero-order valence-electron chi connectivity index (χ0n) is 19.2. The number of carbonyl (C=O) groups is 3. The number of imide groups is 1. The fourth-order valence-corrected chi connectivity index (χ4v) is 4.32. The molecule has 0 saturated carbocycles. The number of nitrogens with zero attached hydrogens (tertiary/aromatic N) is 1. The van der Waals surface area contributed by atoms with E-state index in [9.17, 15) is 14.4 Å². The Morgan fingerprint density at radius 2 is 1.89 bits per heavy atom. The number of nitrogens with one attached hydrogen (secondary N) is 1. The van der Waals surface area contributed by atoms with E-state index in [2.05, 4.69) is 32.6 Å². The molecule has 3 aromatic rings. The Hall–Kier alpha value is -3.51. The van der Waals surface area contributed by atoms with Crippen LogP contribution in [0.25, 0.3) is 6.08 Å². The molecule has 1 N–H and O–H groups in total. The average molecular weight is 623 g/mol. The van der Waals surface area contributed by atoms with Crippen LogP contribution in [-0.2, 0) is 22.7 Å². The summed E-state index contributed by atoms with van der Waals surface area (Å²) in [6.07, 6.45) is 1.55. The lowest BCUT2D eigenvalue weighted by atomic mass is 10.1. The number of esters is 1. The van der Waals surface area contributed by atoms with Gasteiger partial charge >= 0.3 is 12.0 Å². The molecule has 0 aliphatic carbocycles. The van der Waals surface area contributed by atoms with Crippen LogP contribution in [-0.4, -0.2) is 37.0 Å². The Labute approximate surface area is 225 Å². The number of urea groups is 1. The lowest BCUT2D eigenvalue weighted by Crippen LogP contribution is -2.30. The van der Waals surface area contributed by atoms with Crippen LogP contribution in [0.4, 0.5) is 4.79 Å². The Morgan fingerprint density at radius 1 is 1.14 bits per heavy atom. The third kappa shape index (κ3) is 5.65. The number of furan rings is 1. The molecule has 36 heavy (non-hydrogen) atoms. The van der Waals surface area contributed by atoms with E-state index in [1.165, 1.54) is 26.4 Å². The molecule has 0 spiro atoms. The molecule has 1 saturated heterocycles.